The van der Waals surface area contributed by atoms with E-state index in [1.165, 1.54) is 13.5 Å². The molecule has 0 unspecified atom stereocenters. The minimum Gasteiger partial charge on any atom is -0.497 e. The number of methoxy groups -OCH3 is 2. The molecule has 2 aromatic rings. The van der Waals surface area contributed by atoms with Crippen molar-refractivity contribution in [3.05, 3.63) is 23.9 Å². The highest BCUT2D eigenvalue weighted by Crippen LogP contribution is 2.64. The second kappa shape index (κ2) is 6.39. The molecule has 2 atom stereocenters. The first-order valence-electron chi connectivity index (χ1n) is 10.1. The van der Waals surface area contributed by atoms with Gasteiger partial charge in [0.1, 0.15) is 11.4 Å². The summed E-state index contributed by atoms with van der Waals surface area (Å²) in [6.07, 6.45) is 5.69. The maximum Gasteiger partial charge on any atom is 0.356 e. The molecule has 0 radical (unpaired) electrons. The van der Waals surface area contributed by atoms with Crippen molar-refractivity contribution in [2.45, 2.75) is 43.4 Å². The lowest BCUT2D eigenvalue weighted by atomic mass is 9.49. The van der Waals surface area contributed by atoms with Crippen LogP contribution in [0.1, 0.15) is 49.0 Å². The van der Waals surface area contributed by atoms with Gasteiger partial charge in [0.2, 0.25) is 5.91 Å². The number of hydrogen-bond acceptors (Lipinski definition) is 4. The minimum absolute atomic E-state index is 0.0292. The molecule has 6 rings (SSSR count). The van der Waals surface area contributed by atoms with Gasteiger partial charge in [-0.05, 0) is 62.5 Å². The fourth-order valence-corrected chi connectivity index (χ4v) is 7.04. The van der Waals surface area contributed by atoms with Crippen molar-refractivity contribution < 1.29 is 19.1 Å². The van der Waals surface area contributed by atoms with Gasteiger partial charge in [-0.15, -0.1) is 11.6 Å². The van der Waals surface area contributed by atoms with Gasteiger partial charge < -0.3 is 19.8 Å². The van der Waals surface area contributed by atoms with E-state index in [-0.39, 0.29) is 16.5 Å². The van der Waals surface area contributed by atoms with Gasteiger partial charge in [-0.1, -0.05) is 0 Å². The average Bonchev–Trinajstić information content (AvgIpc) is 3.03. The van der Waals surface area contributed by atoms with E-state index in [1.807, 2.05) is 12.1 Å². The molecule has 1 aromatic heterocycles. The van der Waals surface area contributed by atoms with Crippen molar-refractivity contribution in [3.8, 4) is 5.75 Å². The van der Waals surface area contributed by atoms with Gasteiger partial charge in [0.15, 0.2) is 0 Å². The summed E-state index contributed by atoms with van der Waals surface area (Å²) in [7, 11) is 2.92. The number of amides is 1. The van der Waals surface area contributed by atoms with Crippen LogP contribution in [-0.4, -0.2) is 36.0 Å². The Morgan fingerprint density at radius 3 is 2.52 bits per heavy atom. The Kier molecular flexibility index (Phi) is 4.14. The number of fused-ring (bicyclic) bond motifs is 1. The quantitative estimate of drug-likeness (QED) is 0.568. The van der Waals surface area contributed by atoms with Crippen molar-refractivity contribution >= 4 is 40.1 Å². The van der Waals surface area contributed by atoms with Gasteiger partial charge in [0.25, 0.3) is 0 Å². The monoisotopic (exact) mass is 416 g/mol. The standard InChI is InChI=1S/C22H25ClN2O4/c1-28-14-3-4-15-16(6-14)24-18(19(26)29-2)17(15)25-20(27)21-7-12-5-13(8-21)10-22(23,9-12)11-21/h3-4,6,12-13,24H,5,7-11H2,1-2H3,(H,25,27)/t12-,13-,21?,22?/m0/s1. The van der Waals surface area contributed by atoms with E-state index >= 15 is 0 Å². The predicted octanol–water partition coefficient (Wildman–Crippen LogP) is 4.48. The van der Waals surface area contributed by atoms with Crippen molar-refractivity contribution in [2.24, 2.45) is 17.3 Å². The van der Waals surface area contributed by atoms with Crippen LogP contribution >= 0.6 is 11.6 Å². The summed E-state index contributed by atoms with van der Waals surface area (Å²) >= 11 is 6.90. The lowest BCUT2D eigenvalue weighted by Gasteiger charge is -2.59. The first-order valence-corrected chi connectivity index (χ1v) is 10.5. The molecule has 0 aliphatic heterocycles. The maximum absolute atomic E-state index is 13.6. The summed E-state index contributed by atoms with van der Waals surface area (Å²) in [6, 6.07) is 5.46. The number of benzene rings is 1. The number of ether oxygens (including phenoxy) is 2. The number of aromatic amines is 1. The smallest absolute Gasteiger partial charge is 0.356 e. The summed E-state index contributed by atoms with van der Waals surface area (Å²) in [4.78, 5) is 28.8. The second-order valence-electron chi connectivity index (χ2n) is 9.12. The topological polar surface area (TPSA) is 80.4 Å². The van der Waals surface area contributed by atoms with Crippen LogP contribution in [0.25, 0.3) is 10.9 Å². The zero-order chi connectivity index (χ0) is 20.4. The summed E-state index contributed by atoms with van der Waals surface area (Å²) in [5.41, 5.74) is 0.975. The average molecular weight is 417 g/mol. The molecular formula is C22H25ClN2O4. The number of carbonyl (C=O) groups is 2. The molecule has 7 heteroatoms. The number of anilines is 1. The van der Waals surface area contributed by atoms with E-state index in [9.17, 15) is 9.59 Å². The van der Waals surface area contributed by atoms with Gasteiger partial charge in [0, 0.05) is 16.3 Å². The molecule has 29 heavy (non-hydrogen) atoms. The Morgan fingerprint density at radius 1 is 1.17 bits per heavy atom. The van der Waals surface area contributed by atoms with Crippen molar-refractivity contribution in [1.29, 1.82) is 0 Å². The molecule has 4 aliphatic rings. The molecule has 2 N–H and O–H groups in total. The van der Waals surface area contributed by atoms with Gasteiger partial charge >= 0.3 is 5.97 Å². The van der Waals surface area contributed by atoms with Crippen LogP contribution < -0.4 is 10.1 Å². The van der Waals surface area contributed by atoms with Crippen LogP contribution in [0.3, 0.4) is 0 Å². The normalized spacial score (nSPS) is 32.4. The SMILES string of the molecule is COC(=O)c1[nH]c2cc(OC)ccc2c1NC(=O)C12C[C@@H]3C[C@H](CC(Cl)(C3)C1)C2. The highest BCUT2D eigenvalue weighted by molar-refractivity contribution is 6.24. The molecule has 4 fully saturated rings. The number of alkyl halides is 1. The third-order valence-electron chi connectivity index (χ3n) is 7.11. The summed E-state index contributed by atoms with van der Waals surface area (Å²) in [6.45, 7) is 0. The second-order valence-corrected chi connectivity index (χ2v) is 9.93. The summed E-state index contributed by atoms with van der Waals surface area (Å²) in [5, 5.41) is 3.84. The molecule has 4 aliphatic carbocycles. The number of carbonyl (C=O) groups excluding carboxylic acids is 2. The fraction of sp³-hybridized carbons (Fsp3) is 0.545. The minimum atomic E-state index is -0.519. The summed E-state index contributed by atoms with van der Waals surface area (Å²) in [5.74, 6) is 1.16. The zero-order valence-corrected chi connectivity index (χ0v) is 17.4. The molecule has 154 valence electrons. The Labute approximate surface area is 174 Å². The van der Waals surface area contributed by atoms with Crippen molar-refractivity contribution in [1.82, 2.24) is 4.98 Å². The molecule has 1 heterocycles. The first-order chi connectivity index (χ1) is 13.8. The van der Waals surface area contributed by atoms with Crippen LogP contribution in [0.15, 0.2) is 18.2 Å². The molecule has 0 spiro atoms. The molecule has 1 aromatic carbocycles. The number of esters is 1. The van der Waals surface area contributed by atoms with Gasteiger partial charge in [0.05, 0.1) is 30.8 Å². The van der Waals surface area contributed by atoms with Crippen LogP contribution in [0.2, 0.25) is 0 Å². The number of nitrogens with one attached hydrogen (secondary N) is 2. The molecule has 4 saturated carbocycles. The van der Waals surface area contributed by atoms with Gasteiger partial charge in [-0.25, -0.2) is 4.79 Å². The van der Waals surface area contributed by atoms with E-state index in [1.54, 1.807) is 13.2 Å². The predicted molar refractivity (Wildman–Crippen MR) is 111 cm³/mol. The number of aromatic nitrogens is 1. The molecule has 0 saturated heterocycles. The van der Waals surface area contributed by atoms with E-state index in [4.69, 9.17) is 21.1 Å². The lowest BCUT2D eigenvalue weighted by molar-refractivity contribution is -0.138. The Morgan fingerprint density at radius 2 is 1.90 bits per heavy atom. The van der Waals surface area contributed by atoms with Crippen molar-refractivity contribution in [2.75, 3.05) is 19.5 Å². The van der Waals surface area contributed by atoms with E-state index < -0.39 is 11.4 Å². The first kappa shape index (κ1) is 18.8. The zero-order valence-electron chi connectivity index (χ0n) is 16.6. The van der Waals surface area contributed by atoms with Gasteiger partial charge in [-0.3, -0.25) is 4.79 Å². The molecule has 6 nitrogen and oxygen atoms in total. The number of hydrogen-bond donors (Lipinski definition) is 2. The maximum atomic E-state index is 13.6. The van der Waals surface area contributed by atoms with Crippen LogP contribution in [0, 0.1) is 17.3 Å². The molecule has 4 bridgehead atoms. The largest absolute Gasteiger partial charge is 0.497 e. The summed E-state index contributed by atoms with van der Waals surface area (Å²) < 4.78 is 10.2. The Balaban J connectivity index is 1.53. The van der Waals surface area contributed by atoms with E-state index in [0.717, 1.165) is 31.1 Å². The van der Waals surface area contributed by atoms with E-state index in [2.05, 4.69) is 10.3 Å². The van der Waals surface area contributed by atoms with E-state index in [0.29, 0.717) is 35.2 Å². The Hall–Kier alpha value is -2.21. The molecule has 1 amide bonds. The molecular weight excluding hydrogens is 392 g/mol. The number of halogens is 1. The Bertz CT molecular complexity index is 1000. The third-order valence-corrected chi connectivity index (χ3v) is 7.55. The van der Waals surface area contributed by atoms with Crippen LogP contribution in [0.4, 0.5) is 5.69 Å². The van der Waals surface area contributed by atoms with Gasteiger partial charge in [-0.2, -0.15) is 0 Å². The third kappa shape index (κ3) is 2.91. The van der Waals surface area contributed by atoms with Crippen molar-refractivity contribution in [3.63, 3.8) is 0 Å². The fourth-order valence-electron chi connectivity index (χ4n) is 6.35. The van der Waals surface area contributed by atoms with Crippen LogP contribution in [0.5, 0.6) is 5.75 Å². The van der Waals surface area contributed by atoms with Crippen LogP contribution in [-0.2, 0) is 9.53 Å². The lowest BCUT2D eigenvalue weighted by Crippen LogP contribution is -2.57. The highest BCUT2D eigenvalue weighted by Gasteiger charge is 2.60. The highest BCUT2D eigenvalue weighted by atomic mass is 35.5. The number of rotatable bonds is 4. The number of H-pyrrole nitrogens is 1.